The fraction of sp³-hybridized carbons (Fsp3) is 0. The third kappa shape index (κ3) is 3.02. The van der Waals surface area contributed by atoms with E-state index >= 15 is 0 Å². The van der Waals surface area contributed by atoms with Crippen molar-refractivity contribution in [3.8, 4) is 0 Å². The molecule has 0 fully saturated rings. The van der Waals surface area contributed by atoms with Crippen molar-refractivity contribution < 1.29 is 4.79 Å². The van der Waals surface area contributed by atoms with Crippen LogP contribution in [0.3, 0.4) is 0 Å². The lowest BCUT2D eigenvalue weighted by Gasteiger charge is -2.04. The summed E-state index contributed by atoms with van der Waals surface area (Å²) in [5.74, 6) is -0.432. The van der Waals surface area contributed by atoms with Crippen LogP contribution in [0.1, 0.15) is 10.6 Å². The Morgan fingerprint density at radius 2 is 1.70 bits per heavy atom. The molecule has 2 aromatic carbocycles. The van der Waals surface area contributed by atoms with Gasteiger partial charge in [0.15, 0.2) is 4.77 Å². The van der Waals surface area contributed by atoms with Crippen LogP contribution >= 0.6 is 12.2 Å². The van der Waals surface area contributed by atoms with Gasteiger partial charge in [0.25, 0.3) is 17.0 Å². The van der Waals surface area contributed by atoms with E-state index in [1.165, 1.54) is 6.08 Å². The maximum absolute atomic E-state index is 12.6. The van der Waals surface area contributed by atoms with E-state index in [2.05, 4.69) is 15.0 Å². The molecule has 0 spiro atoms. The molecule has 2 heterocycles. The summed E-state index contributed by atoms with van der Waals surface area (Å²) >= 11 is 5.14. The Bertz CT molecular complexity index is 1410. The highest BCUT2D eigenvalue weighted by atomic mass is 32.1. The van der Waals surface area contributed by atoms with E-state index in [0.29, 0.717) is 21.8 Å². The zero-order valence-electron chi connectivity index (χ0n) is 13.8. The van der Waals surface area contributed by atoms with Gasteiger partial charge in [-0.2, -0.15) is 0 Å². The molecule has 0 aliphatic heterocycles. The van der Waals surface area contributed by atoms with Gasteiger partial charge in [0, 0.05) is 6.08 Å². The highest BCUT2D eigenvalue weighted by molar-refractivity contribution is 7.71. The normalized spacial score (nSPS) is 11.4. The van der Waals surface area contributed by atoms with Crippen molar-refractivity contribution in [2.75, 3.05) is 0 Å². The molecular formula is C19H12N4O3S. The minimum absolute atomic E-state index is 0.00619. The number of hydrogen-bond donors (Lipinski definition) is 2. The number of aromatic nitrogens is 4. The van der Waals surface area contributed by atoms with E-state index in [1.54, 1.807) is 48.5 Å². The van der Waals surface area contributed by atoms with Gasteiger partial charge in [0.1, 0.15) is 5.82 Å². The summed E-state index contributed by atoms with van der Waals surface area (Å²) < 4.78 is 0.862. The lowest BCUT2D eigenvalue weighted by Crippen LogP contribution is -2.27. The molecule has 2 N–H and O–H groups in total. The molecule has 2 aromatic heterocycles. The molecule has 4 aromatic rings. The van der Waals surface area contributed by atoms with E-state index in [9.17, 15) is 14.4 Å². The molecule has 8 heteroatoms. The highest BCUT2D eigenvalue weighted by Gasteiger charge is 2.10. The Morgan fingerprint density at radius 1 is 1.00 bits per heavy atom. The van der Waals surface area contributed by atoms with Gasteiger partial charge in [0.2, 0.25) is 0 Å². The number of allylic oxidation sites excluding steroid dienone is 1. The zero-order chi connectivity index (χ0) is 19.0. The summed E-state index contributed by atoms with van der Waals surface area (Å²) in [5, 5.41) is 0.805. The van der Waals surface area contributed by atoms with Crippen LogP contribution in [0.25, 0.3) is 27.9 Å². The zero-order valence-corrected chi connectivity index (χ0v) is 14.6. The first-order valence-corrected chi connectivity index (χ1v) is 8.41. The number of nitrogens with one attached hydrogen (secondary N) is 2. The van der Waals surface area contributed by atoms with Gasteiger partial charge in [-0.15, -0.1) is 0 Å². The molecule has 0 radical (unpaired) electrons. The second-order valence-corrected chi connectivity index (χ2v) is 6.14. The number of benzene rings is 2. The van der Waals surface area contributed by atoms with Crippen molar-refractivity contribution >= 4 is 46.0 Å². The summed E-state index contributed by atoms with van der Waals surface area (Å²) in [6.45, 7) is 0. The number of aromatic amines is 2. The smallest absolute Gasteiger partial charge is 0.269 e. The van der Waals surface area contributed by atoms with Gasteiger partial charge in [0.05, 0.1) is 21.8 Å². The third-order valence-electron chi connectivity index (χ3n) is 4.04. The van der Waals surface area contributed by atoms with Gasteiger partial charge in [-0.25, -0.2) is 9.55 Å². The molecule has 0 aliphatic carbocycles. The van der Waals surface area contributed by atoms with E-state index in [1.807, 2.05) is 0 Å². The minimum atomic E-state index is -0.636. The molecule has 27 heavy (non-hydrogen) atoms. The Hall–Kier alpha value is -3.65. The van der Waals surface area contributed by atoms with Crippen molar-refractivity contribution in [3.05, 3.63) is 85.9 Å². The molecule has 0 unspecified atom stereocenters. The molecule has 0 bridgehead atoms. The van der Waals surface area contributed by atoms with Crippen molar-refractivity contribution in [2.24, 2.45) is 0 Å². The van der Waals surface area contributed by atoms with Crippen molar-refractivity contribution in [1.29, 1.82) is 0 Å². The van der Waals surface area contributed by atoms with E-state index < -0.39 is 11.5 Å². The van der Waals surface area contributed by atoms with Crippen LogP contribution in [-0.4, -0.2) is 25.4 Å². The van der Waals surface area contributed by atoms with Crippen molar-refractivity contribution in [2.45, 2.75) is 0 Å². The van der Waals surface area contributed by atoms with Crippen LogP contribution in [-0.2, 0) is 0 Å². The van der Waals surface area contributed by atoms with Gasteiger partial charge in [-0.1, -0.05) is 24.3 Å². The van der Waals surface area contributed by atoms with Crippen LogP contribution in [0, 0.1) is 4.77 Å². The fourth-order valence-electron chi connectivity index (χ4n) is 2.77. The Morgan fingerprint density at radius 3 is 2.52 bits per heavy atom. The molecule has 0 atom stereocenters. The number of carbonyl (C=O) groups is 1. The number of rotatable bonds is 2. The lowest BCUT2D eigenvalue weighted by molar-refractivity contribution is 0.0963. The summed E-state index contributed by atoms with van der Waals surface area (Å²) in [7, 11) is 0. The maximum Gasteiger partial charge on any atom is 0.269 e. The monoisotopic (exact) mass is 376 g/mol. The van der Waals surface area contributed by atoms with E-state index in [-0.39, 0.29) is 16.2 Å². The Balaban J connectivity index is 1.77. The standard InChI is InChI=1S/C19H12N4O3S/c24-16(23-18(26)12-6-2-4-8-14(12)21-19(23)27)10-9-15-20-13-7-3-1-5-11(13)17(25)22-15/h1-10H,(H,21,27)(H,20,22,25)/b10-9-. The SMILES string of the molecule is O=C(/C=C\c1nc2ccccc2c(=O)[nH]1)n1c(=S)[nH]c2ccccc2c1=O. The quantitative estimate of drug-likeness (QED) is 0.414. The third-order valence-corrected chi connectivity index (χ3v) is 4.33. The van der Waals surface area contributed by atoms with Gasteiger partial charge in [-0.05, 0) is 42.6 Å². The molecule has 132 valence electrons. The van der Waals surface area contributed by atoms with Gasteiger partial charge >= 0.3 is 0 Å². The molecule has 0 saturated carbocycles. The first-order valence-electron chi connectivity index (χ1n) is 8.00. The lowest BCUT2D eigenvalue weighted by atomic mass is 10.2. The van der Waals surface area contributed by atoms with Crippen LogP contribution < -0.4 is 11.1 Å². The van der Waals surface area contributed by atoms with Crippen molar-refractivity contribution in [1.82, 2.24) is 19.5 Å². The number of H-pyrrole nitrogens is 2. The first kappa shape index (κ1) is 16.8. The maximum atomic E-state index is 12.6. The second kappa shape index (κ2) is 6.58. The molecule has 0 saturated heterocycles. The second-order valence-electron chi connectivity index (χ2n) is 5.76. The molecular weight excluding hydrogens is 364 g/mol. The number of fused-ring (bicyclic) bond motifs is 2. The average Bonchev–Trinajstić information content (AvgIpc) is 2.66. The Labute approximate surface area is 156 Å². The van der Waals surface area contributed by atoms with Crippen molar-refractivity contribution in [3.63, 3.8) is 0 Å². The number of carbonyl (C=O) groups excluding carboxylic acids is 1. The predicted molar refractivity (Wildman–Crippen MR) is 105 cm³/mol. The van der Waals surface area contributed by atoms with Gasteiger partial charge in [-0.3, -0.25) is 14.4 Å². The summed E-state index contributed by atoms with van der Waals surface area (Å²) in [5.41, 5.74) is 0.242. The summed E-state index contributed by atoms with van der Waals surface area (Å²) in [6.07, 6.45) is 2.49. The average molecular weight is 376 g/mol. The van der Waals surface area contributed by atoms with Crippen LogP contribution in [0.2, 0.25) is 0 Å². The van der Waals surface area contributed by atoms with Crippen LogP contribution in [0.5, 0.6) is 0 Å². The minimum Gasteiger partial charge on any atom is -0.331 e. The van der Waals surface area contributed by atoms with Gasteiger partial charge < -0.3 is 9.97 Å². The summed E-state index contributed by atoms with van der Waals surface area (Å²) in [6, 6.07) is 13.7. The van der Waals surface area contributed by atoms with Crippen LogP contribution in [0.15, 0.2) is 64.2 Å². The highest BCUT2D eigenvalue weighted by Crippen LogP contribution is 2.08. The number of para-hydroxylation sites is 2. The number of nitrogens with zero attached hydrogens (tertiary/aromatic N) is 2. The topological polar surface area (TPSA) is 101 Å². The number of hydrogen-bond acceptors (Lipinski definition) is 5. The Kier molecular flexibility index (Phi) is 4.09. The molecule has 7 nitrogen and oxygen atoms in total. The fourth-order valence-corrected chi connectivity index (χ4v) is 3.05. The largest absolute Gasteiger partial charge is 0.331 e. The molecule has 0 aliphatic rings. The van der Waals surface area contributed by atoms with E-state index in [0.717, 1.165) is 10.6 Å². The summed E-state index contributed by atoms with van der Waals surface area (Å²) in [4.78, 5) is 46.9. The predicted octanol–water partition coefficient (Wildman–Crippen LogP) is 2.65. The van der Waals surface area contributed by atoms with E-state index in [4.69, 9.17) is 12.2 Å². The molecule has 4 rings (SSSR count). The van der Waals surface area contributed by atoms with Crippen LogP contribution in [0.4, 0.5) is 0 Å². The molecule has 0 amide bonds. The first-order chi connectivity index (χ1) is 13.0.